The van der Waals surface area contributed by atoms with Gasteiger partial charge in [-0.3, -0.25) is 0 Å². The molecule has 0 aromatic heterocycles. The molecule has 0 spiro atoms. The average molecular weight is 262 g/mol. The summed E-state index contributed by atoms with van der Waals surface area (Å²) in [6, 6.07) is 7.31. The topological polar surface area (TPSA) is 15.3 Å². The second-order valence-corrected chi connectivity index (χ2v) is 7.06. The van der Waals surface area contributed by atoms with Gasteiger partial charge in [-0.25, -0.2) is 0 Å². The Balaban J connectivity index is 2.76. The van der Waals surface area contributed by atoms with E-state index >= 15 is 0 Å². The predicted octanol–water partition coefficient (Wildman–Crippen LogP) is 3.98. The fraction of sp³-hybridized carbons (Fsp3) is 0.647. The van der Waals surface area contributed by atoms with Gasteiger partial charge in [0, 0.05) is 31.9 Å². The van der Waals surface area contributed by atoms with E-state index in [2.05, 4.69) is 77.0 Å². The lowest BCUT2D eigenvalue weighted by molar-refractivity contribution is 0.419. The molecule has 0 bridgehead atoms. The van der Waals surface area contributed by atoms with Crippen LogP contribution < -0.4 is 10.2 Å². The summed E-state index contributed by atoms with van der Waals surface area (Å²) in [5, 5.41) is 3.48. The Morgan fingerprint density at radius 2 is 1.84 bits per heavy atom. The number of nitrogens with one attached hydrogen (secondary N) is 1. The van der Waals surface area contributed by atoms with Crippen LogP contribution in [0.25, 0.3) is 0 Å². The third-order valence-corrected chi connectivity index (χ3v) is 3.18. The number of nitrogens with zero attached hydrogens (tertiary/aromatic N) is 1. The summed E-state index contributed by atoms with van der Waals surface area (Å²) in [4.78, 5) is 2.34. The van der Waals surface area contributed by atoms with Crippen LogP contribution in [0, 0.1) is 12.3 Å². The molecule has 1 aromatic carbocycles. The predicted molar refractivity (Wildman–Crippen MR) is 85.9 cm³/mol. The van der Waals surface area contributed by atoms with Crippen molar-refractivity contribution in [2.75, 3.05) is 18.5 Å². The van der Waals surface area contributed by atoms with Crippen LogP contribution >= 0.6 is 0 Å². The first-order chi connectivity index (χ1) is 8.69. The maximum Gasteiger partial charge on any atom is 0.0366 e. The highest BCUT2D eigenvalue weighted by atomic mass is 15.1. The van der Waals surface area contributed by atoms with Gasteiger partial charge in [-0.15, -0.1) is 0 Å². The van der Waals surface area contributed by atoms with Crippen molar-refractivity contribution in [2.45, 2.75) is 54.1 Å². The van der Waals surface area contributed by atoms with E-state index in [9.17, 15) is 0 Å². The van der Waals surface area contributed by atoms with Crippen LogP contribution in [-0.2, 0) is 6.54 Å². The number of aryl methyl sites for hydroxylation is 1. The molecule has 0 aliphatic heterocycles. The molecule has 0 heterocycles. The smallest absolute Gasteiger partial charge is 0.0366 e. The highest BCUT2D eigenvalue weighted by Gasteiger charge is 2.14. The summed E-state index contributed by atoms with van der Waals surface area (Å²) in [5.74, 6) is 0. The Kier molecular flexibility index (Phi) is 5.42. The lowest BCUT2D eigenvalue weighted by atomic mass is 9.96. The lowest BCUT2D eigenvalue weighted by Gasteiger charge is -2.28. The van der Waals surface area contributed by atoms with Crippen molar-refractivity contribution in [3.8, 4) is 0 Å². The third-order valence-electron chi connectivity index (χ3n) is 3.18. The molecule has 0 radical (unpaired) electrons. The van der Waals surface area contributed by atoms with Gasteiger partial charge in [-0.1, -0.05) is 40.7 Å². The molecule has 1 rings (SSSR count). The summed E-state index contributed by atoms with van der Waals surface area (Å²) in [6.07, 6.45) is 0. The largest absolute Gasteiger partial charge is 0.374 e. The number of benzene rings is 1. The van der Waals surface area contributed by atoms with E-state index in [1.807, 2.05) is 0 Å². The van der Waals surface area contributed by atoms with Crippen LogP contribution in [0.3, 0.4) is 0 Å². The van der Waals surface area contributed by atoms with Crippen LogP contribution in [0.2, 0.25) is 0 Å². The van der Waals surface area contributed by atoms with Crippen molar-refractivity contribution in [1.29, 1.82) is 0 Å². The fourth-order valence-corrected chi connectivity index (χ4v) is 2.23. The molecule has 0 aliphatic carbocycles. The van der Waals surface area contributed by atoms with E-state index < -0.39 is 0 Å². The summed E-state index contributed by atoms with van der Waals surface area (Å²) in [5.41, 5.74) is 4.38. The zero-order chi connectivity index (χ0) is 14.6. The minimum atomic E-state index is 0.320. The Morgan fingerprint density at radius 1 is 1.21 bits per heavy atom. The molecular weight excluding hydrogens is 232 g/mol. The Morgan fingerprint density at radius 3 is 2.32 bits per heavy atom. The summed E-state index contributed by atoms with van der Waals surface area (Å²) in [6.45, 7) is 15.4. The first kappa shape index (κ1) is 16.0. The van der Waals surface area contributed by atoms with E-state index in [0.29, 0.717) is 11.5 Å². The number of anilines is 1. The van der Waals surface area contributed by atoms with Crippen LogP contribution in [0.5, 0.6) is 0 Å². The molecular formula is C17H30N2. The normalized spacial score (nSPS) is 12.0. The minimum absolute atomic E-state index is 0.320. The van der Waals surface area contributed by atoms with Crippen LogP contribution in [0.1, 0.15) is 45.7 Å². The fourth-order valence-electron chi connectivity index (χ4n) is 2.23. The van der Waals surface area contributed by atoms with Gasteiger partial charge in [-0.05, 0) is 35.6 Å². The van der Waals surface area contributed by atoms with Gasteiger partial charge in [0.15, 0.2) is 0 Å². The molecule has 0 aliphatic rings. The van der Waals surface area contributed by atoms with Gasteiger partial charge in [0.05, 0.1) is 0 Å². The molecule has 2 nitrogen and oxygen atoms in total. The number of rotatable bonds is 5. The second kappa shape index (κ2) is 6.42. The minimum Gasteiger partial charge on any atom is -0.374 e. The van der Waals surface area contributed by atoms with Gasteiger partial charge in [0.25, 0.3) is 0 Å². The van der Waals surface area contributed by atoms with E-state index in [4.69, 9.17) is 0 Å². The second-order valence-electron chi connectivity index (χ2n) is 7.06. The molecule has 108 valence electrons. The van der Waals surface area contributed by atoms with E-state index in [1.165, 1.54) is 16.8 Å². The van der Waals surface area contributed by atoms with Crippen molar-refractivity contribution in [2.24, 2.45) is 5.41 Å². The summed E-state index contributed by atoms with van der Waals surface area (Å²) in [7, 11) is 2.17. The van der Waals surface area contributed by atoms with Gasteiger partial charge in [0.2, 0.25) is 0 Å². The highest BCUT2D eigenvalue weighted by Crippen LogP contribution is 2.22. The number of hydrogen-bond acceptors (Lipinski definition) is 2. The van der Waals surface area contributed by atoms with Crippen molar-refractivity contribution in [3.63, 3.8) is 0 Å². The van der Waals surface area contributed by atoms with Crippen molar-refractivity contribution in [1.82, 2.24) is 5.32 Å². The lowest BCUT2D eigenvalue weighted by Crippen LogP contribution is -2.29. The van der Waals surface area contributed by atoms with Crippen LogP contribution in [-0.4, -0.2) is 19.6 Å². The van der Waals surface area contributed by atoms with Gasteiger partial charge >= 0.3 is 0 Å². The monoisotopic (exact) mass is 262 g/mol. The third kappa shape index (κ3) is 5.65. The van der Waals surface area contributed by atoms with Gasteiger partial charge in [-0.2, -0.15) is 0 Å². The molecule has 0 atom stereocenters. The van der Waals surface area contributed by atoms with Crippen molar-refractivity contribution in [3.05, 3.63) is 29.3 Å². The molecule has 1 N–H and O–H groups in total. The Labute approximate surface area is 119 Å². The Hall–Kier alpha value is -1.02. The van der Waals surface area contributed by atoms with Crippen molar-refractivity contribution >= 4 is 5.69 Å². The zero-order valence-corrected chi connectivity index (χ0v) is 13.7. The highest BCUT2D eigenvalue weighted by molar-refractivity contribution is 5.50. The summed E-state index contributed by atoms with van der Waals surface area (Å²) >= 11 is 0. The molecule has 0 unspecified atom stereocenters. The van der Waals surface area contributed by atoms with Gasteiger partial charge in [0.1, 0.15) is 0 Å². The van der Waals surface area contributed by atoms with Crippen LogP contribution in [0.15, 0.2) is 18.2 Å². The van der Waals surface area contributed by atoms with Gasteiger partial charge < -0.3 is 10.2 Å². The first-order valence-electron chi connectivity index (χ1n) is 7.23. The van der Waals surface area contributed by atoms with E-state index in [0.717, 1.165) is 13.1 Å². The molecule has 0 fully saturated rings. The van der Waals surface area contributed by atoms with E-state index in [-0.39, 0.29) is 0 Å². The molecule has 0 saturated heterocycles. The average Bonchev–Trinajstić information content (AvgIpc) is 2.24. The first-order valence-corrected chi connectivity index (χ1v) is 7.23. The standard InChI is InChI=1S/C17H30N2/c1-13(2)18-11-15-8-9-16(10-14(15)3)19(7)12-17(4,5)6/h8-10,13,18H,11-12H2,1-7H3. The molecule has 0 saturated carbocycles. The molecule has 1 aromatic rings. The maximum atomic E-state index is 3.48. The molecule has 2 heteroatoms. The molecule has 19 heavy (non-hydrogen) atoms. The van der Waals surface area contributed by atoms with Crippen LogP contribution in [0.4, 0.5) is 5.69 Å². The summed E-state index contributed by atoms with van der Waals surface area (Å²) < 4.78 is 0. The van der Waals surface area contributed by atoms with Crippen molar-refractivity contribution < 1.29 is 0 Å². The van der Waals surface area contributed by atoms with E-state index in [1.54, 1.807) is 0 Å². The molecule has 0 amide bonds. The SMILES string of the molecule is Cc1cc(N(C)CC(C)(C)C)ccc1CNC(C)C. The maximum absolute atomic E-state index is 3.48. The quantitative estimate of drug-likeness (QED) is 0.863. The Bertz CT molecular complexity index is 402. The number of hydrogen-bond donors (Lipinski definition) is 1. The zero-order valence-electron chi connectivity index (χ0n) is 13.7.